The van der Waals surface area contributed by atoms with Gasteiger partial charge >= 0.3 is 0 Å². The van der Waals surface area contributed by atoms with E-state index >= 15 is 0 Å². The van der Waals surface area contributed by atoms with Gasteiger partial charge in [0.25, 0.3) is 0 Å². The Bertz CT molecular complexity index is 905. The Morgan fingerprint density at radius 3 is 2.11 bits per heavy atom. The highest BCUT2D eigenvalue weighted by molar-refractivity contribution is 5.93. The van der Waals surface area contributed by atoms with Crippen molar-refractivity contribution in [1.29, 1.82) is 0 Å². The molecule has 36 heavy (non-hydrogen) atoms. The Kier molecular flexibility index (Phi) is 9.84. The number of carbonyl (C=O) groups excluding carboxylic acids is 3. The van der Waals surface area contributed by atoms with Gasteiger partial charge in [-0.25, -0.2) is 0 Å². The molecule has 9 heteroatoms. The Morgan fingerprint density at radius 2 is 1.58 bits per heavy atom. The van der Waals surface area contributed by atoms with Crippen LogP contribution in [0.4, 0.5) is 0 Å². The molecular formula is C27H41N3O6. The van der Waals surface area contributed by atoms with Crippen molar-refractivity contribution >= 4 is 17.7 Å². The number of amides is 3. The van der Waals surface area contributed by atoms with Crippen molar-refractivity contribution in [3.63, 3.8) is 0 Å². The van der Waals surface area contributed by atoms with Crippen LogP contribution in [0.2, 0.25) is 0 Å². The standard InChI is InChI=1S/C27H41N3O6/c1-5-19(25(28)31)29-26(32)20-13-9-10-14-30(20)27(33)23(17-11-7-6-8-12-17)18-15-21(34-2)24(36-4)22(16-18)35-3/h15-17,19-20,23H,5-14H2,1-4H3,(H2,28,31)(H,29,32)/t19?,20-,23?/m0/s1. The molecule has 0 radical (unpaired) electrons. The molecule has 0 bridgehead atoms. The third kappa shape index (κ3) is 6.05. The van der Waals surface area contributed by atoms with E-state index in [-0.39, 0.29) is 17.7 Å². The lowest BCUT2D eigenvalue weighted by Gasteiger charge is -2.40. The fourth-order valence-electron chi connectivity index (χ4n) is 5.65. The number of primary amides is 1. The van der Waals surface area contributed by atoms with E-state index in [1.165, 1.54) is 0 Å². The van der Waals surface area contributed by atoms with Crippen LogP contribution in [0.15, 0.2) is 12.1 Å². The summed E-state index contributed by atoms with van der Waals surface area (Å²) in [6.45, 7) is 2.29. The van der Waals surface area contributed by atoms with E-state index in [4.69, 9.17) is 19.9 Å². The minimum Gasteiger partial charge on any atom is -0.493 e. The highest BCUT2D eigenvalue weighted by Gasteiger charge is 2.40. The lowest BCUT2D eigenvalue weighted by atomic mass is 9.75. The number of carbonyl (C=O) groups is 3. The number of piperidine rings is 1. The molecule has 3 amide bonds. The molecule has 1 aromatic rings. The summed E-state index contributed by atoms with van der Waals surface area (Å²) in [5, 5.41) is 2.77. The van der Waals surface area contributed by atoms with E-state index < -0.39 is 23.9 Å². The first-order valence-electron chi connectivity index (χ1n) is 13.1. The molecule has 3 N–H and O–H groups in total. The third-order valence-electron chi connectivity index (χ3n) is 7.59. The molecule has 1 saturated heterocycles. The number of benzene rings is 1. The number of hydrogen-bond acceptors (Lipinski definition) is 6. The van der Waals surface area contributed by atoms with E-state index in [1.54, 1.807) is 33.2 Å². The van der Waals surface area contributed by atoms with Crippen LogP contribution in [0.3, 0.4) is 0 Å². The van der Waals surface area contributed by atoms with Gasteiger partial charge in [0.2, 0.25) is 23.5 Å². The van der Waals surface area contributed by atoms with Crippen molar-refractivity contribution in [3.8, 4) is 17.2 Å². The van der Waals surface area contributed by atoms with Crippen LogP contribution in [0.1, 0.15) is 76.2 Å². The summed E-state index contributed by atoms with van der Waals surface area (Å²) in [5.74, 6) is 0.229. The first-order chi connectivity index (χ1) is 17.4. The number of nitrogens with one attached hydrogen (secondary N) is 1. The highest BCUT2D eigenvalue weighted by Crippen LogP contribution is 2.45. The Hall–Kier alpha value is -2.97. The van der Waals surface area contributed by atoms with Gasteiger partial charge in [-0.3, -0.25) is 14.4 Å². The van der Waals surface area contributed by atoms with Crippen LogP contribution in [0, 0.1) is 5.92 Å². The molecule has 1 aliphatic carbocycles. The summed E-state index contributed by atoms with van der Waals surface area (Å²) in [7, 11) is 4.68. The molecule has 1 aromatic carbocycles. The second-order valence-corrected chi connectivity index (χ2v) is 9.75. The molecule has 0 aromatic heterocycles. The van der Waals surface area contributed by atoms with Crippen LogP contribution >= 0.6 is 0 Å². The topological polar surface area (TPSA) is 120 Å². The largest absolute Gasteiger partial charge is 0.493 e. The van der Waals surface area contributed by atoms with Gasteiger partial charge < -0.3 is 30.2 Å². The van der Waals surface area contributed by atoms with Crippen LogP contribution < -0.4 is 25.3 Å². The predicted octanol–water partition coefficient (Wildman–Crippen LogP) is 3.14. The van der Waals surface area contributed by atoms with Gasteiger partial charge in [-0.15, -0.1) is 0 Å². The van der Waals surface area contributed by atoms with Crippen molar-refractivity contribution < 1.29 is 28.6 Å². The summed E-state index contributed by atoms with van der Waals surface area (Å²) in [4.78, 5) is 41.0. The van der Waals surface area contributed by atoms with Gasteiger partial charge in [0.15, 0.2) is 11.5 Å². The van der Waals surface area contributed by atoms with Crippen LogP contribution in [0.25, 0.3) is 0 Å². The van der Waals surface area contributed by atoms with E-state index in [2.05, 4.69) is 5.32 Å². The first kappa shape index (κ1) is 27.6. The van der Waals surface area contributed by atoms with E-state index in [0.29, 0.717) is 36.6 Å². The molecule has 1 heterocycles. The maximum absolute atomic E-state index is 14.3. The summed E-state index contributed by atoms with van der Waals surface area (Å²) in [6.07, 6.45) is 7.81. The second-order valence-electron chi connectivity index (χ2n) is 9.75. The van der Waals surface area contributed by atoms with Gasteiger partial charge in [-0.1, -0.05) is 26.2 Å². The van der Waals surface area contributed by atoms with Crippen LogP contribution in [-0.2, 0) is 14.4 Å². The number of hydrogen-bond donors (Lipinski definition) is 2. The monoisotopic (exact) mass is 503 g/mol. The molecule has 3 atom stereocenters. The third-order valence-corrected chi connectivity index (χ3v) is 7.59. The number of methoxy groups -OCH3 is 3. The number of nitrogens with two attached hydrogens (primary N) is 1. The lowest BCUT2D eigenvalue weighted by molar-refractivity contribution is -0.145. The molecule has 1 saturated carbocycles. The van der Waals surface area contributed by atoms with E-state index in [0.717, 1.165) is 50.5 Å². The summed E-state index contributed by atoms with van der Waals surface area (Å²) >= 11 is 0. The Morgan fingerprint density at radius 1 is 0.972 bits per heavy atom. The van der Waals surface area contributed by atoms with Crippen molar-refractivity contribution in [2.45, 2.75) is 82.7 Å². The molecule has 2 aliphatic rings. The van der Waals surface area contributed by atoms with E-state index in [9.17, 15) is 14.4 Å². The minimum atomic E-state index is -0.749. The molecule has 200 valence electrons. The number of nitrogens with zero attached hydrogens (tertiary/aromatic N) is 1. The van der Waals surface area contributed by atoms with Crippen molar-refractivity contribution in [2.75, 3.05) is 27.9 Å². The molecule has 2 unspecified atom stereocenters. The number of ether oxygens (including phenoxy) is 3. The summed E-state index contributed by atoms with van der Waals surface area (Å²) in [6, 6.07) is 2.34. The van der Waals surface area contributed by atoms with Gasteiger partial charge in [-0.2, -0.15) is 0 Å². The van der Waals surface area contributed by atoms with Crippen LogP contribution in [-0.4, -0.2) is 62.6 Å². The average molecular weight is 504 g/mol. The zero-order valence-corrected chi connectivity index (χ0v) is 22.0. The molecule has 2 fully saturated rings. The van der Waals surface area contributed by atoms with Gasteiger partial charge in [0.1, 0.15) is 12.1 Å². The van der Waals surface area contributed by atoms with E-state index in [1.807, 2.05) is 12.1 Å². The highest BCUT2D eigenvalue weighted by atomic mass is 16.5. The lowest BCUT2D eigenvalue weighted by Crippen LogP contribution is -2.56. The molecule has 1 aliphatic heterocycles. The van der Waals surface area contributed by atoms with Crippen molar-refractivity contribution in [2.24, 2.45) is 11.7 Å². The zero-order chi connectivity index (χ0) is 26.2. The maximum atomic E-state index is 14.3. The SMILES string of the molecule is CCC(NC(=O)[C@@H]1CCCCN1C(=O)C(c1cc(OC)c(OC)c(OC)c1)C1CCCCC1)C(N)=O. The molecule has 0 spiro atoms. The quantitative estimate of drug-likeness (QED) is 0.506. The normalized spacial score (nSPS) is 20.2. The zero-order valence-electron chi connectivity index (χ0n) is 22.0. The molecule has 9 nitrogen and oxygen atoms in total. The second kappa shape index (κ2) is 12.8. The number of likely N-dealkylation sites (tertiary alicyclic amines) is 1. The smallest absolute Gasteiger partial charge is 0.243 e. The van der Waals surface area contributed by atoms with Crippen LogP contribution in [0.5, 0.6) is 17.2 Å². The fourth-order valence-corrected chi connectivity index (χ4v) is 5.65. The first-order valence-corrected chi connectivity index (χ1v) is 13.1. The summed E-state index contributed by atoms with van der Waals surface area (Å²) < 4.78 is 16.7. The minimum absolute atomic E-state index is 0.0665. The predicted molar refractivity (Wildman–Crippen MR) is 136 cm³/mol. The van der Waals surface area contributed by atoms with Crippen molar-refractivity contribution in [1.82, 2.24) is 10.2 Å². The van der Waals surface area contributed by atoms with Gasteiger partial charge in [0.05, 0.1) is 27.2 Å². The summed E-state index contributed by atoms with van der Waals surface area (Å²) in [5.41, 5.74) is 6.25. The Balaban J connectivity index is 1.99. The Labute approximate surface area is 214 Å². The number of rotatable bonds is 10. The molecular weight excluding hydrogens is 462 g/mol. The van der Waals surface area contributed by atoms with Gasteiger partial charge in [-0.05, 0) is 62.1 Å². The molecule has 3 rings (SSSR count). The average Bonchev–Trinajstić information content (AvgIpc) is 2.91. The van der Waals surface area contributed by atoms with Gasteiger partial charge in [0, 0.05) is 6.54 Å². The maximum Gasteiger partial charge on any atom is 0.243 e. The fraction of sp³-hybridized carbons (Fsp3) is 0.667. The van der Waals surface area contributed by atoms with Crippen molar-refractivity contribution in [3.05, 3.63) is 17.7 Å².